The van der Waals surface area contributed by atoms with Crippen molar-refractivity contribution in [2.75, 3.05) is 0 Å². The number of aliphatic carboxylic acids is 2. The van der Waals surface area contributed by atoms with E-state index in [2.05, 4.69) is 0 Å². The topological polar surface area (TPSA) is 147 Å². The maximum atomic E-state index is 10.2. The van der Waals surface area contributed by atoms with Gasteiger partial charge in [-0.05, 0) is 6.92 Å². The molecule has 0 aromatic rings. The molecule has 7 heteroatoms. The van der Waals surface area contributed by atoms with Crippen LogP contribution in [-0.2, 0) is 9.59 Å². The van der Waals surface area contributed by atoms with E-state index < -0.39 is 30.1 Å². The van der Waals surface area contributed by atoms with Gasteiger partial charge in [-0.2, -0.15) is 0 Å². The molecule has 0 aliphatic rings. The van der Waals surface area contributed by atoms with Crippen molar-refractivity contribution in [3.8, 4) is 0 Å². The third-order valence-electron chi connectivity index (χ3n) is 1.37. The van der Waals surface area contributed by atoms with Gasteiger partial charge in [0.05, 0.1) is 6.10 Å². The Balaban J connectivity index is 0. The molecule has 0 radical (unpaired) electrons. The normalized spacial score (nSPS) is 14.5. The van der Waals surface area contributed by atoms with Crippen LogP contribution in [0.3, 0.4) is 0 Å². The third-order valence-corrected chi connectivity index (χ3v) is 1.37. The van der Waals surface area contributed by atoms with E-state index in [1.54, 1.807) is 0 Å². The highest BCUT2D eigenvalue weighted by atomic mass is 16.4. The fraction of sp³-hybridized carbons (Fsp3) is 0.667. The summed E-state index contributed by atoms with van der Waals surface area (Å²) < 4.78 is 0. The molecule has 0 aliphatic heterocycles. The Kier molecular flexibility index (Phi) is 6.03. The number of aliphatic hydroxyl groups is 2. The molecular formula is C6H12O7. The summed E-state index contributed by atoms with van der Waals surface area (Å²) in [7, 11) is 0. The molecule has 0 spiro atoms. The first-order chi connectivity index (χ1) is 5.37. The Morgan fingerprint density at radius 3 is 1.46 bits per heavy atom. The van der Waals surface area contributed by atoms with Crippen LogP contribution in [0.5, 0.6) is 0 Å². The Hall–Kier alpha value is -1.18. The summed E-state index contributed by atoms with van der Waals surface area (Å²) in [5.74, 6) is -5.32. The lowest BCUT2D eigenvalue weighted by Crippen LogP contribution is -2.41. The van der Waals surface area contributed by atoms with Gasteiger partial charge in [0.25, 0.3) is 0 Å². The van der Waals surface area contributed by atoms with E-state index in [1.807, 2.05) is 0 Å². The minimum atomic E-state index is -1.98. The van der Waals surface area contributed by atoms with Gasteiger partial charge in [0.1, 0.15) is 6.10 Å². The number of rotatable bonds is 4. The number of hydrogen-bond donors (Lipinski definition) is 4. The highest BCUT2D eigenvalue weighted by Crippen LogP contribution is 2.08. The van der Waals surface area contributed by atoms with Crippen molar-refractivity contribution in [3.05, 3.63) is 0 Å². The molecule has 0 aromatic heterocycles. The van der Waals surface area contributed by atoms with Crippen molar-refractivity contribution in [2.45, 2.75) is 19.1 Å². The molecule has 0 saturated carbocycles. The third kappa shape index (κ3) is 3.83. The van der Waals surface area contributed by atoms with Gasteiger partial charge in [-0.1, -0.05) is 0 Å². The number of carboxylic acid groups (broad SMARTS) is 2. The highest BCUT2D eigenvalue weighted by Gasteiger charge is 2.36. The van der Waals surface area contributed by atoms with E-state index in [0.717, 1.165) is 6.92 Å². The second-order valence-electron chi connectivity index (χ2n) is 2.39. The summed E-state index contributed by atoms with van der Waals surface area (Å²) in [6.45, 7) is 1.11. The fourth-order valence-electron chi connectivity index (χ4n) is 0.676. The second kappa shape index (κ2) is 5.46. The molecule has 0 aromatic carbocycles. The maximum Gasteiger partial charge on any atom is 0.320 e. The van der Waals surface area contributed by atoms with Crippen LogP contribution in [0.2, 0.25) is 0 Å². The van der Waals surface area contributed by atoms with Gasteiger partial charge < -0.3 is 25.9 Å². The summed E-state index contributed by atoms with van der Waals surface area (Å²) in [6.07, 6.45) is -3.18. The van der Waals surface area contributed by atoms with E-state index in [1.165, 1.54) is 0 Å². The lowest BCUT2D eigenvalue weighted by molar-refractivity contribution is -0.163. The van der Waals surface area contributed by atoms with E-state index >= 15 is 0 Å². The summed E-state index contributed by atoms with van der Waals surface area (Å²) >= 11 is 0. The molecular weight excluding hydrogens is 184 g/mol. The zero-order valence-corrected chi connectivity index (χ0v) is 6.84. The molecule has 0 rings (SSSR count). The maximum absolute atomic E-state index is 10.2. The van der Waals surface area contributed by atoms with Gasteiger partial charge in [0.2, 0.25) is 0 Å². The molecule has 7 nitrogen and oxygen atoms in total. The smallest absolute Gasteiger partial charge is 0.320 e. The van der Waals surface area contributed by atoms with Gasteiger partial charge in [-0.15, -0.1) is 0 Å². The Morgan fingerprint density at radius 2 is 1.38 bits per heavy atom. The minimum Gasteiger partial charge on any atom is -0.481 e. The molecule has 78 valence electrons. The summed E-state index contributed by atoms with van der Waals surface area (Å²) in [6, 6.07) is 0. The molecule has 13 heavy (non-hydrogen) atoms. The molecule has 2 unspecified atom stereocenters. The molecule has 0 aliphatic carbocycles. The average molecular weight is 196 g/mol. The van der Waals surface area contributed by atoms with Crippen molar-refractivity contribution in [2.24, 2.45) is 5.92 Å². The lowest BCUT2D eigenvalue weighted by atomic mass is 9.99. The first-order valence-corrected chi connectivity index (χ1v) is 3.19. The van der Waals surface area contributed by atoms with E-state index in [-0.39, 0.29) is 5.48 Å². The van der Waals surface area contributed by atoms with Gasteiger partial charge >= 0.3 is 11.9 Å². The van der Waals surface area contributed by atoms with Crippen molar-refractivity contribution in [1.82, 2.24) is 0 Å². The van der Waals surface area contributed by atoms with Crippen LogP contribution < -0.4 is 0 Å². The summed E-state index contributed by atoms with van der Waals surface area (Å²) in [4.78, 5) is 20.5. The molecule has 6 N–H and O–H groups in total. The average Bonchev–Trinajstić information content (AvgIpc) is 1.85. The summed E-state index contributed by atoms with van der Waals surface area (Å²) in [5.41, 5.74) is 0. The first-order valence-electron chi connectivity index (χ1n) is 3.19. The number of carbonyl (C=O) groups is 2. The van der Waals surface area contributed by atoms with E-state index in [0.29, 0.717) is 0 Å². The first kappa shape index (κ1) is 14.3. The zero-order chi connectivity index (χ0) is 9.89. The molecule has 0 saturated heterocycles. The van der Waals surface area contributed by atoms with Crippen LogP contribution >= 0.6 is 0 Å². The predicted octanol–water partition coefficient (Wildman–Crippen LogP) is -2.31. The van der Waals surface area contributed by atoms with Crippen molar-refractivity contribution < 1.29 is 35.5 Å². The number of hydrogen-bond acceptors (Lipinski definition) is 4. The molecule has 0 fully saturated rings. The van der Waals surface area contributed by atoms with Crippen molar-refractivity contribution >= 4 is 11.9 Å². The van der Waals surface area contributed by atoms with Gasteiger partial charge in [-0.3, -0.25) is 9.59 Å². The quantitative estimate of drug-likeness (QED) is 0.371. The molecule has 0 bridgehead atoms. The summed E-state index contributed by atoms with van der Waals surface area (Å²) in [5, 5.41) is 34.2. The Morgan fingerprint density at radius 1 is 1.08 bits per heavy atom. The SMILES string of the molecule is CC(O)C(O)C(C(=O)O)C(=O)O.O. The standard InChI is InChI=1S/C6H10O6.H2O/c1-2(7)4(8)3(5(9)10)6(11)12;/h2-4,7-8H,1H3,(H,9,10)(H,11,12);1H2. The van der Waals surface area contributed by atoms with Crippen molar-refractivity contribution in [1.29, 1.82) is 0 Å². The van der Waals surface area contributed by atoms with Crippen LogP contribution in [0, 0.1) is 5.92 Å². The number of aliphatic hydroxyl groups excluding tert-OH is 2. The predicted molar refractivity (Wildman–Crippen MR) is 40.1 cm³/mol. The van der Waals surface area contributed by atoms with Gasteiger partial charge in [-0.25, -0.2) is 0 Å². The van der Waals surface area contributed by atoms with Crippen LogP contribution in [-0.4, -0.2) is 50.0 Å². The highest BCUT2D eigenvalue weighted by molar-refractivity contribution is 5.93. The minimum absolute atomic E-state index is 0. The molecule has 0 heterocycles. The fourth-order valence-corrected chi connectivity index (χ4v) is 0.676. The Labute approximate surface area is 73.5 Å². The van der Waals surface area contributed by atoms with Crippen molar-refractivity contribution in [3.63, 3.8) is 0 Å². The monoisotopic (exact) mass is 196 g/mol. The largest absolute Gasteiger partial charge is 0.481 e. The van der Waals surface area contributed by atoms with Crippen LogP contribution in [0.1, 0.15) is 6.92 Å². The van der Waals surface area contributed by atoms with E-state index in [9.17, 15) is 9.59 Å². The molecule has 2 atom stereocenters. The molecule has 0 amide bonds. The zero-order valence-electron chi connectivity index (χ0n) is 6.84. The van der Waals surface area contributed by atoms with Crippen LogP contribution in [0.15, 0.2) is 0 Å². The van der Waals surface area contributed by atoms with Crippen LogP contribution in [0.4, 0.5) is 0 Å². The van der Waals surface area contributed by atoms with E-state index in [4.69, 9.17) is 20.4 Å². The number of carboxylic acids is 2. The van der Waals surface area contributed by atoms with Gasteiger partial charge in [0, 0.05) is 0 Å². The van der Waals surface area contributed by atoms with Gasteiger partial charge in [0.15, 0.2) is 5.92 Å². The lowest BCUT2D eigenvalue weighted by Gasteiger charge is -2.17. The Bertz CT molecular complexity index is 173. The second-order valence-corrected chi connectivity index (χ2v) is 2.39. The van der Waals surface area contributed by atoms with Crippen LogP contribution in [0.25, 0.3) is 0 Å².